The lowest BCUT2D eigenvalue weighted by molar-refractivity contribution is -0.139. The van der Waals surface area contributed by atoms with E-state index < -0.39 is 17.4 Å². The van der Waals surface area contributed by atoms with Crippen molar-refractivity contribution in [2.75, 3.05) is 13.7 Å². The number of amides is 1. The van der Waals surface area contributed by atoms with Gasteiger partial charge in [-0.3, -0.25) is 9.59 Å². The summed E-state index contributed by atoms with van der Waals surface area (Å²) in [6, 6.07) is 5.12. The fourth-order valence-electron chi connectivity index (χ4n) is 1.95. The van der Waals surface area contributed by atoms with Crippen molar-refractivity contribution in [3.05, 3.63) is 34.3 Å². The molecule has 0 radical (unpaired) electrons. The first-order valence-corrected chi connectivity index (χ1v) is 6.45. The molecule has 1 unspecified atom stereocenters. The molecule has 0 aliphatic rings. The van der Waals surface area contributed by atoms with Crippen LogP contribution in [0, 0.1) is 6.92 Å². The van der Waals surface area contributed by atoms with Gasteiger partial charge in [-0.15, -0.1) is 0 Å². The number of methoxy groups -OCH3 is 1. The number of halogens is 1. The number of carboxylic acids is 1. The number of carbonyl (C=O) groups excluding carboxylic acids is 1. The molecule has 1 atom stereocenters. The van der Waals surface area contributed by atoms with Gasteiger partial charge in [0.1, 0.15) is 0 Å². The molecule has 1 aromatic rings. The monoisotopic (exact) mass is 299 g/mol. The van der Waals surface area contributed by atoms with E-state index >= 15 is 0 Å². The second kappa shape index (κ2) is 6.72. The number of carboxylic acid groups (broad SMARTS) is 1. The van der Waals surface area contributed by atoms with Gasteiger partial charge >= 0.3 is 5.97 Å². The average Bonchev–Trinajstić information content (AvgIpc) is 2.31. The lowest BCUT2D eigenvalue weighted by atomic mass is 9.98. The van der Waals surface area contributed by atoms with E-state index in [-0.39, 0.29) is 13.0 Å². The molecule has 0 aliphatic heterocycles. The van der Waals surface area contributed by atoms with Crippen LogP contribution in [0.2, 0.25) is 5.02 Å². The fraction of sp³-hybridized carbons (Fsp3) is 0.429. The van der Waals surface area contributed by atoms with Gasteiger partial charge in [0.15, 0.2) is 0 Å². The van der Waals surface area contributed by atoms with Crippen molar-refractivity contribution in [2.24, 2.45) is 0 Å². The molecule has 2 N–H and O–H groups in total. The normalized spacial score (nSPS) is 13.6. The third-order valence-electron chi connectivity index (χ3n) is 2.86. The topological polar surface area (TPSA) is 75.6 Å². The summed E-state index contributed by atoms with van der Waals surface area (Å²) in [5.41, 5.74) is 0.107. The van der Waals surface area contributed by atoms with Gasteiger partial charge in [-0.25, -0.2) is 0 Å². The smallest absolute Gasteiger partial charge is 0.305 e. The molecule has 1 amide bonds. The minimum absolute atomic E-state index is 0.0917. The van der Waals surface area contributed by atoms with E-state index in [2.05, 4.69) is 5.32 Å². The van der Waals surface area contributed by atoms with Gasteiger partial charge in [0, 0.05) is 7.11 Å². The number of aliphatic carboxylic acids is 1. The third-order valence-corrected chi connectivity index (χ3v) is 3.36. The summed E-state index contributed by atoms with van der Waals surface area (Å²) in [6.45, 7) is 3.51. The van der Waals surface area contributed by atoms with Crippen molar-refractivity contribution in [3.63, 3.8) is 0 Å². The molecule has 0 aliphatic carbocycles. The molecule has 0 saturated heterocycles. The van der Waals surface area contributed by atoms with Gasteiger partial charge in [0.2, 0.25) is 0 Å². The van der Waals surface area contributed by atoms with Crippen LogP contribution in [-0.2, 0) is 9.53 Å². The Morgan fingerprint density at radius 2 is 2.10 bits per heavy atom. The van der Waals surface area contributed by atoms with E-state index in [1.54, 1.807) is 32.0 Å². The predicted octanol–water partition coefficient (Wildman–Crippen LogP) is 2.26. The van der Waals surface area contributed by atoms with Crippen molar-refractivity contribution >= 4 is 23.5 Å². The zero-order valence-electron chi connectivity index (χ0n) is 11.7. The predicted molar refractivity (Wildman–Crippen MR) is 76.2 cm³/mol. The number of hydrogen-bond acceptors (Lipinski definition) is 3. The van der Waals surface area contributed by atoms with E-state index in [4.69, 9.17) is 21.4 Å². The standard InChI is InChI=1S/C14H18ClNO4/c1-9-5-4-6-10(12(9)15)13(19)16-14(2,8-20-3)7-11(17)18/h4-6H,7-8H2,1-3H3,(H,16,19)(H,17,18). The number of ether oxygens (including phenoxy) is 1. The molecule has 1 aromatic carbocycles. The maximum absolute atomic E-state index is 12.2. The first kappa shape index (κ1) is 16.5. The highest BCUT2D eigenvalue weighted by atomic mass is 35.5. The summed E-state index contributed by atoms with van der Waals surface area (Å²) in [7, 11) is 1.45. The summed E-state index contributed by atoms with van der Waals surface area (Å²) in [4.78, 5) is 23.1. The second-order valence-corrected chi connectivity index (χ2v) is 5.33. The van der Waals surface area contributed by atoms with Gasteiger partial charge in [-0.2, -0.15) is 0 Å². The summed E-state index contributed by atoms with van der Waals surface area (Å²) in [6.07, 6.45) is -0.240. The van der Waals surface area contributed by atoms with Crippen LogP contribution >= 0.6 is 11.6 Å². The number of carbonyl (C=O) groups is 2. The first-order valence-electron chi connectivity index (χ1n) is 6.07. The maximum Gasteiger partial charge on any atom is 0.305 e. The molecule has 6 heteroatoms. The molecule has 0 aromatic heterocycles. The van der Waals surface area contributed by atoms with Crippen LogP contribution < -0.4 is 5.32 Å². The van der Waals surface area contributed by atoms with Crippen molar-refractivity contribution in [2.45, 2.75) is 25.8 Å². The van der Waals surface area contributed by atoms with Crippen molar-refractivity contribution in [1.29, 1.82) is 0 Å². The quantitative estimate of drug-likeness (QED) is 0.845. The number of hydrogen-bond donors (Lipinski definition) is 2. The SMILES string of the molecule is COCC(C)(CC(=O)O)NC(=O)c1cccc(C)c1Cl. The summed E-state index contributed by atoms with van der Waals surface area (Å²) >= 11 is 6.09. The van der Waals surface area contributed by atoms with Crippen LogP contribution in [0.5, 0.6) is 0 Å². The second-order valence-electron chi connectivity index (χ2n) is 4.95. The van der Waals surface area contributed by atoms with Crippen LogP contribution in [0.3, 0.4) is 0 Å². The van der Waals surface area contributed by atoms with Crippen LogP contribution in [0.4, 0.5) is 0 Å². The van der Waals surface area contributed by atoms with E-state index in [0.29, 0.717) is 10.6 Å². The largest absolute Gasteiger partial charge is 0.481 e. The molecule has 0 bridgehead atoms. The van der Waals surface area contributed by atoms with Crippen LogP contribution in [0.25, 0.3) is 0 Å². The fourth-order valence-corrected chi connectivity index (χ4v) is 2.16. The number of rotatable bonds is 6. The van der Waals surface area contributed by atoms with Gasteiger partial charge in [-0.1, -0.05) is 23.7 Å². The zero-order valence-corrected chi connectivity index (χ0v) is 12.5. The lowest BCUT2D eigenvalue weighted by Crippen LogP contribution is -2.50. The van der Waals surface area contributed by atoms with Crippen molar-refractivity contribution < 1.29 is 19.4 Å². The van der Waals surface area contributed by atoms with E-state index in [1.807, 2.05) is 0 Å². The van der Waals surface area contributed by atoms with Crippen LogP contribution in [0.15, 0.2) is 18.2 Å². The molecular formula is C14H18ClNO4. The van der Waals surface area contributed by atoms with E-state index in [1.165, 1.54) is 7.11 Å². The third kappa shape index (κ3) is 4.21. The Balaban J connectivity index is 2.96. The Kier molecular flexibility index (Phi) is 5.53. The molecule has 0 fully saturated rings. The Morgan fingerprint density at radius 3 is 2.65 bits per heavy atom. The Morgan fingerprint density at radius 1 is 1.45 bits per heavy atom. The Hall–Kier alpha value is -1.59. The van der Waals surface area contributed by atoms with Crippen LogP contribution in [0.1, 0.15) is 29.3 Å². The first-order chi connectivity index (χ1) is 9.29. The Labute approximate surface area is 122 Å². The van der Waals surface area contributed by atoms with Gasteiger partial charge in [0.05, 0.1) is 29.2 Å². The minimum Gasteiger partial charge on any atom is -0.481 e. The molecule has 110 valence electrons. The molecule has 0 spiro atoms. The lowest BCUT2D eigenvalue weighted by Gasteiger charge is -2.28. The molecule has 20 heavy (non-hydrogen) atoms. The summed E-state index contributed by atoms with van der Waals surface area (Å²) < 4.78 is 4.99. The maximum atomic E-state index is 12.2. The zero-order chi connectivity index (χ0) is 15.3. The highest BCUT2D eigenvalue weighted by Gasteiger charge is 2.30. The summed E-state index contributed by atoms with van der Waals surface area (Å²) in [5.74, 6) is -1.43. The highest BCUT2D eigenvalue weighted by molar-refractivity contribution is 6.34. The number of benzene rings is 1. The van der Waals surface area contributed by atoms with Crippen LogP contribution in [-0.4, -0.2) is 36.2 Å². The van der Waals surface area contributed by atoms with Gasteiger partial charge in [-0.05, 0) is 25.5 Å². The molecule has 0 saturated carbocycles. The van der Waals surface area contributed by atoms with Crippen molar-refractivity contribution in [3.8, 4) is 0 Å². The van der Waals surface area contributed by atoms with Gasteiger partial charge in [0.25, 0.3) is 5.91 Å². The van der Waals surface area contributed by atoms with Crippen molar-refractivity contribution in [1.82, 2.24) is 5.32 Å². The average molecular weight is 300 g/mol. The molecule has 0 heterocycles. The highest BCUT2D eigenvalue weighted by Crippen LogP contribution is 2.21. The van der Waals surface area contributed by atoms with Gasteiger partial charge < -0.3 is 15.2 Å². The summed E-state index contributed by atoms with van der Waals surface area (Å²) in [5, 5.41) is 12.0. The molecule has 1 rings (SSSR count). The molecule has 5 nitrogen and oxygen atoms in total. The number of nitrogens with one attached hydrogen (secondary N) is 1. The van der Waals surface area contributed by atoms with E-state index in [9.17, 15) is 9.59 Å². The minimum atomic E-state index is -1.01. The molecular weight excluding hydrogens is 282 g/mol. The van der Waals surface area contributed by atoms with E-state index in [0.717, 1.165) is 5.56 Å². The number of aryl methyl sites for hydroxylation is 1. The Bertz CT molecular complexity index is 518.